The van der Waals surface area contributed by atoms with Crippen LogP contribution in [0, 0.1) is 20.2 Å². The first kappa shape index (κ1) is 44.2. The first-order valence-corrected chi connectivity index (χ1v) is 19.0. The predicted molar refractivity (Wildman–Crippen MR) is 206 cm³/mol. The maximum Gasteiger partial charge on any atom is 2.00 e. The second kappa shape index (κ2) is 18.2. The Morgan fingerprint density at radius 3 is 1.18 bits per heavy atom. The second-order valence-corrected chi connectivity index (χ2v) is 14.5. The third kappa shape index (κ3) is 10.5. The zero-order chi connectivity index (χ0) is 40.9. The minimum absolute atomic E-state index is 0. The van der Waals surface area contributed by atoms with Gasteiger partial charge in [0.1, 0.15) is 43.1 Å². The molecule has 0 aliphatic heterocycles. The summed E-state index contributed by atoms with van der Waals surface area (Å²) in [7, 11) is -9.63. The molecule has 0 atom stereocenters. The number of nitrogens with zero attached hydrogens (tertiary/aromatic N) is 6. The average molecular weight is 841 g/mol. The number of hydrogen-bond donors (Lipinski definition) is 2. The molecule has 6 aromatic carbocycles. The summed E-state index contributed by atoms with van der Waals surface area (Å²) in [5.41, 5.74) is 1.39. The van der Waals surface area contributed by atoms with Crippen LogP contribution in [0.3, 0.4) is 0 Å². The van der Waals surface area contributed by atoms with Gasteiger partial charge in [0.05, 0.1) is 31.0 Å². The molecule has 0 aliphatic rings. The van der Waals surface area contributed by atoms with Gasteiger partial charge in [0.2, 0.25) is 0 Å². The van der Waals surface area contributed by atoms with Crippen LogP contribution in [0.15, 0.2) is 127 Å². The number of nitro groups is 2. The van der Waals surface area contributed by atoms with Gasteiger partial charge in [-0.15, -0.1) is 10.2 Å². The van der Waals surface area contributed by atoms with Crippen molar-refractivity contribution in [3.05, 3.63) is 128 Å². The standard InChI is InChI=1S/2C18H15N3O6S.Ca/c2*1-2-11-7-12(9-13(8-11)21(23)24)19-20-18-15-6-4-3-5-14(15)17(10-16(18)22)28(25,26)27;/h2*3-10,22H,2H2,1H3,(H,25,26,27);/q;;+2/p-2. The summed E-state index contributed by atoms with van der Waals surface area (Å²) in [6, 6.07) is 22.3. The number of aryl methyl sites for hydroxylation is 2. The number of phenols is 2. The number of aromatic hydroxyl groups is 2. The number of hydrogen-bond acceptors (Lipinski definition) is 16. The fraction of sp³-hybridized carbons (Fsp3) is 0.111. The van der Waals surface area contributed by atoms with Crippen LogP contribution < -0.4 is 0 Å². The fourth-order valence-electron chi connectivity index (χ4n) is 5.51. The maximum absolute atomic E-state index is 11.5. The van der Waals surface area contributed by atoms with Crippen LogP contribution in [-0.2, 0) is 33.1 Å². The molecule has 18 nitrogen and oxygen atoms in total. The molecule has 0 saturated carbocycles. The smallest absolute Gasteiger partial charge is 0.744 e. The molecule has 6 rings (SSSR count). The monoisotopic (exact) mass is 840 g/mol. The second-order valence-electron chi connectivity index (χ2n) is 11.8. The third-order valence-corrected chi connectivity index (χ3v) is 9.90. The van der Waals surface area contributed by atoms with E-state index >= 15 is 0 Å². The minimum Gasteiger partial charge on any atom is -0.744 e. The van der Waals surface area contributed by atoms with E-state index in [1.165, 1.54) is 48.5 Å². The van der Waals surface area contributed by atoms with E-state index in [1.807, 2.05) is 13.8 Å². The number of benzene rings is 6. The van der Waals surface area contributed by atoms with Gasteiger partial charge < -0.3 is 19.3 Å². The van der Waals surface area contributed by atoms with Gasteiger partial charge in [0.15, 0.2) is 0 Å². The molecule has 0 aliphatic carbocycles. The number of nitro benzene ring substituents is 2. The third-order valence-electron chi connectivity index (χ3n) is 8.15. The Labute approximate surface area is 354 Å². The summed E-state index contributed by atoms with van der Waals surface area (Å²) >= 11 is 0. The summed E-state index contributed by atoms with van der Waals surface area (Å²) in [4.78, 5) is 19.9. The van der Waals surface area contributed by atoms with Crippen molar-refractivity contribution < 1.29 is 46.0 Å². The van der Waals surface area contributed by atoms with Gasteiger partial charge in [0, 0.05) is 57.9 Å². The largest absolute Gasteiger partial charge is 2.00 e. The van der Waals surface area contributed by atoms with Gasteiger partial charge in [-0.25, -0.2) is 16.8 Å². The molecule has 0 fully saturated rings. The van der Waals surface area contributed by atoms with E-state index in [4.69, 9.17) is 0 Å². The van der Waals surface area contributed by atoms with E-state index in [0.717, 1.165) is 12.1 Å². The summed E-state index contributed by atoms with van der Waals surface area (Å²) < 4.78 is 68.9. The van der Waals surface area contributed by atoms with Crippen LogP contribution in [0.5, 0.6) is 11.5 Å². The Bertz CT molecular complexity index is 2640. The van der Waals surface area contributed by atoms with Crippen LogP contribution in [0.2, 0.25) is 0 Å². The molecule has 288 valence electrons. The Morgan fingerprint density at radius 2 is 0.877 bits per heavy atom. The molecule has 0 unspecified atom stereocenters. The van der Waals surface area contributed by atoms with E-state index in [0.29, 0.717) is 24.0 Å². The van der Waals surface area contributed by atoms with Crippen molar-refractivity contribution in [3.8, 4) is 11.5 Å². The van der Waals surface area contributed by atoms with Crippen molar-refractivity contribution in [1.29, 1.82) is 0 Å². The molecule has 0 spiro atoms. The summed E-state index contributed by atoms with van der Waals surface area (Å²) in [5.74, 6) is -1.09. The van der Waals surface area contributed by atoms with Crippen molar-refractivity contribution in [3.63, 3.8) is 0 Å². The fourth-order valence-corrected chi connectivity index (χ4v) is 6.92. The maximum atomic E-state index is 11.5. The van der Waals surface area contributed by atoms with Crippen LogP contribution >= 0.6 is 0 Å². The molecule has 0 radical (unpaired) electrons. The Hall–Kier alpha value is -5.48. The SMILES string of the molecule is CCc1cc(N=Nc2c(O)cc(S(=O)(=O)[O-])c3ccccc23)cc([N+](=O)[O-])c1.CCc1cc(N=Nc2c(O)cc(S(=O)(=O)[O-])c3ccccc23)cc([N+](=O)[O-])c1.[Ca+2]. The van der Waals surface area contributed by atoms with Crippen LogP contribution in [-0.4, -0.2) is 83.7 Å². The van der Waals surface area contributed by atoms with Crippen molar-refractivity contribution >= 4 is 114 Å². The quantitative estimate of drug-likeness (QED) is 0.0433. The molecule has 6 aromatic rings. The molecular formula is C36H28CaN6O12S2. The zero-order valence-corrected chi connectivity index (χ0v) is 33.7. The average Bonchev–Trinajstić information content (AvgIpc) is 3.15. The molecule has 0 saturated heterocycles. The van der Waals surface area contributed by atoms with Crippen LogP contribution in [0.25, 0.3) is 21.5 Å². The van der Waals surface area contributed by atoms with Crippen molar-refractivity contribution in [2.75, 3.05) is 0 Å². The summed E-state index contributed by atoms with van der Waals surface area (Å²) in [6.07, 6.45) is 1.10. The van der Waals surface area contributed by atoms with Gasteiger partial charge >= 0.3 is 37.7 Å². The van der Waals surface area contributed by atoms with Crippen molar-refractivity contribution in [2.24, 2.45) is 20.5 Å². The summed E-state index contributed by atoms with van der Waals surface area (Å²) in [5, 5.41) is 59.0. The van der Waals surface area contributed by atoms with E-state index in [1.54, 1.807) is 36.4 Å². The number of rotatable bonds is 10. The topological polar surface area (TPSA) is 291 Å². The Balaban J connectivity index is 0.000000248. The number of non-ortho nitro benzene ring substituents is 2. The molecular weight excluding hydrogens is 813 g/mol. The van der Waals surface area contributed by atoms with Gasteiger partial charge in [-0.2, -0.15) is 10.2 Å². The normalized spacial score (nSPS) is 11.7. The zero-order valence-electron chi connectivity index (χ0n) is 29.8. The first-order valence-electron chi connectivity index (χ1n) is 16.2. The van der Waals surface area contributed by atoms with E-state index in [-0.39, 0.29) is 93.4 Å². The molecule has 0 aromatic heterocycles. The van der Waals surface area contributed by atoms with Gasteiger partial charge in [-0.3, -0.25) is 20.2 Å². The van der Waals surface area contributed by atoms with E-state index in [9.17, 15) is 56.4 Å². The van der Waals surface area contributed by atoms with E-state index < -0.39 is 51.4 Å². The molecule has 0 bridgehead atoms. The predicted octanol–water partition coefficient (Wildman–Crippen LogP) is 8.29. The molecule has 2 N–H and O–H groups in total. The van der Waals surface area contributed by atoms with Gasteiger partial charge in [-0.1, -0.05) is 62.4 Å². The first-order chi connectivity index (χ1) is 26.4. The van der Waals surface area contributed by atoms with Crippen LogP contribution in [0.4, 0.5) is 34.1 Å². The van der Waals surface area contributed by atoms with Gasteiger partial charge in [-0.05, 0) is 36.1 Å². The Kier molecular flexibility index (Phi) is 14.1. The molecule has 57 heavy (non-hydrogen) atoms. The van der Waals surface area contributed by atoms with Crippen molar-refractivity contribution in [2.45, 2.75) is 36.5 Å². The number of fused-ring (bicyclic) bond motifs is 2. The molecule has 0 amide bonds. The Morgan fingerprint density at radius 1 is 0.544 bits per heavy atom. The minimum atomic E-state index is -4.82. The number of azo groups is 2. The summed E-state index contributed by atoms with van der Waals surface area (Å²) in [6.45, 7) is 3.67. The van der Waals surface area contributed by atoms with E-state index in [2.05, 4.69) is 20.5 Å². The van der Waals surface area contributed by atoms with Gasteiger partial charge in [0.25, 0.3) is 11.4 Å². The van der Waals surface area contributed by atoms with Crippen LogP contribution in [0.1, 0.15) is 25.0 Å². The molecule has 0 heterocycles. The number of phenolic OH excluding ortho intramolecular Hbond substituents is 2. The van der Waals surface area contributed by atoms with Crippen molar-refractivity contribution in [1.82, 2.24) is 0 Å². The molecule has 21 heteroatoms.